The Bertz CT molecular complexity index is 601. The smallest absolute Gasteiger partial charge is 0.130 e. The number of aliphatic hydroxyl groups is 1. The lowest BCUT2D eigenvalue weighted by molar-refractivity contribution is 0.210. The maximum absolute atomic E-state index is 9.03. The van der Waals surface area contributed by atoms with Crippen LogP contribution in [-0.2, 0) is 13.2 Å². The maximum Gasteiger partial charge on any atom is 0.130 e. The van der Waals surface area contributed by atoms with E-state index in [9.17, 15) is 0 Å². The van der Waals surface area contributed by atoms with E-state index < -0.39 is 0 Å². The van der Waals surface area contributed by atoms with Gasteiger partial charge in [0.1, 0.15) is 12.4 Å². The summed E-state index contributed by atoms with van der Waals surface area (Å²) in [6, 6.07) is 14.8. The first-order chi connectivity index (χ1) is 11.8. The number of hydrogen-bond donors (Lipinski definition) is 1. The summed E-state index contributed by atoms with van der Waals surface area (Å²) in [5.41, 5.74) is 2.25. The van der Waals surface area contributed by atoms with E-state index in [4.69, 9.17) is 9.84 Å². The first-order valence-corrected chi connectivity index (χ1v) is 8.82. The summed E-state index contributed by atoms with van der Waals surface area (Å²) in [5.74, 6) is 0.877. The number of benzene rings is 1. The Kier molecular flexibility index (Phi) is 6.21. The van der Waals surface area contributed by atoms with Crippen LogP contribution in [0, 0.1) is 0 Å². The van der Waals surface area contributed by atoms with Crippen LogP contribution in [0.2, 0.25) is 0 Å². The molecule has 4 heteroatoms. The van der Waals surface area contributed by atoms with E-state index in [2.05, 4.69) is 22.0 Å². The molecule has 2 heterocycles. The second-order valence-electron chi connectivity index (χ2n) is 6.39. The Labute approximate surface area is 144 Å². The van der Waals surface area contributed by atoms with Crippen LogP contribution in [0.25, 0.3) is 0 Å². The highest BCUT2D eigenvalue weighted by molar-refractivity contribution is 5.27. The quantitative estimate of drug-likeness (QED) is 0.807. The van der Waals surface area contributed by atoms with Gasteiger partial charge in [0.05, 0.1) is 5.69 Å². The van der Waals surface area contributed by atoms with Crippen molar-refractivity contribution < 1.29 is 9.84 Å². The fourth-order valence-electron chi connectivity index (χ4n) is 3.32. The molecule has 0 aliphatic carbocycles. The van der Waals surface area contributed by atoms with Gasteiger partial charge in [-0.2, -0.15) is 0 Å². The van der Waals surface area contributed by atoms with Crippen molar-refractivity contribution in [2.75, 3.05) is 13.2 Å². The van der Waals surface area contributed by atoms with Crippen LogP contribution < -0.4 is 4.74 Å². The number of nitrogens with zero attached hydrogens (tertiary/aromatic N) is 2. The van der Waals surface area contributed by atoms with Gasteiger partial charge in [-0.3, -0.25) is 9.88 Å². The number of aromatic nitrogens is 1. The van der Waals surface area contributed by atoms with Crippen LogP contribution in [0.1, 0.15) is 36.9 Å². The van der Waals surface area contributed by atoms with E-state index >= 15 is 0 Å². The third-order valence-corrected chi connectivity index (χ3v) is 4.62. The van der Waals surface area contributed by atoms with Gasteiger partial charge in [-0.25, -0.2) is 0 Å². The molecule has 1 aliphatic heterocycles. The average molecular weight is 326 g/mol. The summed E-state index contributed by atoms with van der Waals surface area (Å²) < 4.78 is 5.79. The minimum Gasteiger partial charge on any atom is -0.487 e. The molecule has 1 N–H and O–H groups in total. The predicted molar refractivity (Wildman–Crippen MR) is 94.8 cm³/mol. The summed E-state index contributed by atoms with van der Waals surface area (Å²) in [5, 5.41) is 9.03. The van der Waals surface area contributed by atoms with Crippen LogP contribution in [-0.4, -0.2) is 34.2 Å². The minimum atomic E-state index is 0.298. The lowest BCUT2D eigenvalue weighted by Crippen LogP contribution is -2.29. The largest absolute Gasteiger partial charge is 0.487 e. The van der Waals surface area contributed by atoms with Crippen molar-refractivity contribution in [2.24, 2.45) is 0 Å². The molecular formula is C20H26N2O2. The molecule has 1 unspecified atom stereocenters. The number of hydrogen-bond acceptors (Lipinski definition) is 4. The van der Waals surface area contributed by atoms with Gasteiger partial charge in [-0.05, 0) is 62.1 Å². The molecular weight excluding hydrogens is 300 g/mol. The van der Waals surface area contributed by atoms with Gasteiger partial charge >= 0.3 is 0 Å². The van der Waals surface area contributed by atoms with Crippen LogP contribution >= 0.6 is 0 Å². The molecule has 0 saturated carbocycles. The molecule has 2 aromatic rings. The summed E-state index contributed by atoms with van der Waals surface area (Å²) in [7, 11) is 0. The molecule has 0 bridgehead atoms. The molecule has 1 aliphatic rings. The van der Waals surface area contributed by atoms with E-state index in [0.29, 0.717) is 19.3 Å². The summed E-state index contributed by atoms with van der Waals surface area (Å²) in [4.78, 5) is 6.80. The fraction of sp³-hybridized carbons (Fsp3) is 0.450. The number of rotatable bonds is 8. The minimum absolute atomic E-state index is 0.298. The highest BCUT2D eigenvalue weighted by Gasteiger charge is 2.23. The van der Waals surface area contributed by atoms with Crippen molar-refractivity contribution in [3.05, 3.63) is 59.9 Å². The van der Waals surface area contributed by atoms with Crippen molar-refractivity contribution in [1.82, 2.24) is 9.88 Å². The first-order valence-electron chi connectivity index (χ1n) is 8.82. The van der Waals surface area contributed by atoms with E-state index in [1.807, 2.05) is 30.3 Å². The predicted octanol–water partition coefficient (Wildman–Crippen LogP) is 3.40. The Hall–Kier alpha value is -1.91. The summed E-state index contributed by atoms with van der Waals surface area (Å²) in [6.45, 7) is 2.94. The SMILES string of the molecule is OCCCC1CCCN1Cc1ccc(OCc2ccccn2)cc1. The topological polar surface area (TPSA) is 45.6 Å². The van der Waals surface area contributed by atoms with Crippen LogP contribution in [0.3, 0.4) is 0 Å². The molecule has 1 aromatic heterocycles. The van der Waals surface area contributed by atoms with Gasteiger partial charge in [0, 0.05) is 25.4 Å². The zero-order valence-electron chi connectivity index (χ0n) is 14.1. The van der Waals surface area contributed by atoms with E-state index in [0.717, 1.165) is 37.4 Å². The number of pyridine rings is 1. The van der Waals surface area contributed by atoms with Crippen LogP contribution in [0.4, 0.5) is 0 Å². The maximum atomic E-state index is 9.03. The monoisotopic (exact) mass is 326 g/mol. The molecule has 3 rings (SSSR count). The lowest BCUT2D eigenvalue weighted by Gasteiger charge is -2.24. The summed E-state index contributed by atoms with van der Waals surface area (Å²) in [6.07, 6.45) is 6.31. The zero-order chi connectivity index (χ0) is 16.6. The number of aliphatic hydroxyl groups excluding tert-OH is 1. The number of ether oxygens (including phenoxy) is 1. The summed E-state index contributed by atoms with van der Waals surface area (Å²) >= 11 is 0. The zero-order valence-corrected chi connectivity index (χ0v) is 14.1. The molecule has 1 atom stereocenters. The normalized spacial score (nSPS) is 18.0. The van der Waals surface area contributed by atoms with Crippen LogP contribution in [0.5, 0.6) is 5.75 Å². The Morgan fingerprint density at radius 1 is 1.17 bits per heavy atom. The lowest BCUT2D eigenvalue weighted by atomic mass is 10.1. The van der Waals surface area contributed by atoms with Gasteiger partial charge in [0.15, 0.2) is 0 Å². The molecule has 128 valence electrons. The van der Waals surface area contributed by atoms with Gasteiger partial charge in [-0.15, -0.1) is 0 Å². The highest BCUT2D eigenvalue weighted by Crippen LogP contribution is 2.24. The van der Waals surface area contributed by atoms with E-state index in [-0.39, 0.29) is 0 Å². The third-order valence-electron chi connectivity index (χ3n) is 4.62. The Balaban J connectivity index is 1.51. The van der Waals surface area contributed by atoms with Crippen molar-refractivity contribution >= 4 is 0 Å². The van der Waals surface area contributed by atoms with Crippen molar-refractivity contribution in [1.29, 1.82) is 0 Å². The highest BCUT2D eigenvalue weighted by atomic mass is 16.5. The van der Waals surface area contributed by atoms with E-state index in [1.54, 1.807) is 6.20 Å². The molecule has 4 nitrogen and oxygen atoms in total. The third kappa shape index (κ3) is 4.79. The average Bonchev–Trinajstić information content (AvgIpc) is 3.07. The molecule has 0 radical (unpaired) electrons. The van der Waals surface area contributed by atoms with Crippen molar-refractivity contribution in [3.8, 4) is 5.75 Å². The molecule has 0 spiro atoms. The molecule has 24 heavy (non-hydrogen) atoms. The molecule has 1 fully saturated rings. The van der Waals surface area contributed by atoms with E-state index in [1.165, 1.54) is 18.4 Å². The first kappa shape index (κ1) is 16.9. The van der Waals surface area contributed by atoms with Crippen LogP contribution in [0.15, 0.2) is 48.7 Å². The van der Waals surface area contributed by atoms with Gasteiger partial charge < -0.3 is 9.84 Å². The Morgan fingerprint density at radius 2 is 2.04 bits per heavy atom. The van der Waals surface area contributed by atoms with Gasteiger partial charge in [0.2, 0.25) is 0 Å². The van der Waals surface area contributed by atoms with Crippen molar-refractivity contribution in [3.63, 3.8) is 0 Å². The fourth-order valence-corrected chi connectivity index (χ4v) is 3.32. The van der Waals surface area contributed by atoms with Gasteiger partial charge in [0.25, 0.3) is 0 Å². The molecule has 0 amide bonds. The van der Waals surface area contributed by atoms with Crippen molar-refractivity contribution in [2.45, 2.75) is 44.9 Å². The Morgan fingerprint density at radius 3 is 2.79 bits per heavy atom. The standard InChI is InChI=1S/C20H26N2O2/c23-14-4-7-19-6-3-13-22(19)15-17-8-10-20(11-9-17)24-16-18-5-1-2-12-21-18/h1-2,5,8-12,19,23H,3-4,6-7,13-16H2. The second-order valence-corrected chi connectivity index (χ2v) is 6.39. The number of likely N-dealkylation sites (tertiary alicyclic amines) is 1. The second kappa shape index (κ2) is 8.81. The molecule has 1 aromatic carbocycles. The van der Waals surface area contributed by atoms with Gasteiger partial charge in [-0.1, -0.05) is 18.2 Å². The molecule has 1 saturated heterocycles.